The zero-order valence-corrected chi connectivity index (χ0v) is 12.5. The molecule has 2 aromatic rings. The minimum Gasteiger partial charge on any atom is -0.292 e. The van der Waals surface area contributed by atoms with E-state index in [0.29, 0.717) is 11.2 Å². The van der Waals surface area contributed by atoms with E-state index in [1.165, 1.54) is 24.0 Å². The van der Waals surface area contributed by atoms with Gasteiger partial charge in [0.1, 0.15) is 5.15 Å². The minimum atomic E-state index is 0.472. The average molecular weight is 287 g/mol. The monoisotopic (exact) mass is 286 g/mol. The SMILES string of the molecule is Cc1nc(Cl)ccc1[C@H]1CCCN1Cc1ccccc1. The van der Waals surface area contributed by atoms with Crippen LogP contribution in [-0.2, 0) is 6.54 Å². The van der Waals surface area contributed by atoms with Gasteiger partial charge in [-0.1, -0.05) is 48.0 Å². The molecule has 1 aromatic carbocycles. The van der Waals surface area contributed by atoms with Crippen LogP contribution in [0.25, 0.3) is 0 Å². The maximum atomic E-state index is 5.97. The van der Waals surface area contributed by atoms with Gasteiger partial charge in [-0.25, -0.2) is 4.98 Å². The van der Waals surface area contributed by atoms with E-state index in [4.69, 9.17) is 11.6 Å². The number of likely N-dealkylation sites (tertiary alicyclic amines) is 1. The van der Waals surface area contributed by atoms with Crippen LogP contribution >= 0.6 is 11.6 Å². The molecule has 0 N–H and O–H groups in total. The van der Waals surface area contributed by atoms with Crippen LogP contribution in [0.2, 0.25) is 5.15 Å². The lowest BCUT2D eigenvalue weighted by atomic mass is 10.0. The molecule has 0 saturated carbocycles. The van der Waals surface area contributed by atoms with Crippen LogP contribution in [0.1, 0.15) is 35.7 Å². The molecule has 2 heterocycles. The Morgan fingerprint density at radius 1 is 1.20 bits per heavy atom. The molecule has 3 heteroatoms. The molecule has 0 radical (unpaired) electrons. The standard InChI is InChI=1S/C17H19ClN2/c1-13-15(9-10-17(18)19-13)16-8-5-11-20(16)12-14-6-3-2-4-7-14/h2-4,6-7,9-10,16H,5,8,11-12H2,1H3/t16-/m1/s1. The highest BCUT2D eigenvalue weighted by molar-refractivity contribution is 6.29. The molecule has 0 unspecified atom stereocenters. The number of benzene rings is 1. The first kappa shape index (κ1) is 13.6. The van der Waals surface area contributed by atoms with Crippen LogP contribution in [0.15, 0.2) is 42.5 Å². The summed E-state index contributed by atoms with van der Waals surface area (Å²) in [7, 11) is 0. The first-order valence-corrected chi connectivity index (χ1v) is 7.53. The molecular weight excluding hydrogens is 268 g/mol. The average Bonchev–Trinajstić information content (AvgIpc) is 2.88. The number of halogens is 1. The van der Waals surface area contributed by atoms with E-state index in [2.05, 4.69) is 53.2 Å². The predicted molar refractivity (Wildman–Crippen MR) is 82.8 cm³/mol. The second-order valence-electron chi connectivity index (χ2n) is 5.42. The summed E-state index contributed by atoms with van der Waals surface area (Å²) in [5, 5.41) is 0.582. The van der Waals surface area contributed by atoms with Crippen molar-refractivity contribution in [2.24, 2.45) is 0 Å². The molecule has 1 aliphatic rings. The van der Waals surface area contributed by atoms with Gasteiger partial charge in [-0.2, -0.15) is 0 Å². The summed E-state index contributed by atoms with van der Waals surface area (Å²) in [6.07, 6.45) is 2.45. The Balaban J connectivity index is 1.82. The van der Waals surface area contributed by atoms with Gasteiger partial charge in [0, 0.05) is 18.3 Å². The fourth-order valence-electron chi connectivity index (χ4n) is 3.08. The summed E-state index contributed by atoms with van der Waals surface area (Å²) >= 11 is 5.97. The molecule has 0 amide bonds. The first-order valence-electron chi connectivity index (χ1n) is 7.15. The van der Waals surface area contributed by atoms with Crippen molar-refractivity contribution in [2.45, 2.75) is 32.4 Å². The van der Waals surface area contributed by atoms with Crippen molar-refractivity contribution in [3.05, 3.63) is 64.4 Å². The number of pyridine rings is 1. The third-order valence-electron chi connectivity index (χ3n) is 4.04. The van der Waals surface area contributed by atoms with E-state index in [9.17, 15) is 0 Å². The summed E-state index contributed by atoms with van der Waals surface area (Å²) in [6.45, 7) is 4.22. The van der Waals surface area contributed by atoms with Gasteiger partial charge in [0.25, 0.3) is 0 Å². The highest BCUT2D eigenvalue weighted by Gasteiger charge is 2.27. The van der Waals surface area contributed by atoms with Gasteiger partial charge >= 0.3 is 0 Å². The zero-order chi connectivity index (χ0) is 13.9. The third-order valence-corrected chi connectivity index (χ3v) is 4.25. The topological polar surface area (TPSA) is 16.1 Å². The number of aromatic nitrogens is 1. The van der Waals surface area contributed by atoms with E-state index in [-0.39, 0.29) is 0 Å². The van der Waals surface area contributed by atoms with Gasteiger partial charge in [-0.3, -0.25) is 4.90 Å². The van der Waals surface area contributed by atoms with Crippen molar-refractivity contribution in [2.75, 3.05) is 6.54 Å². The maximum absolute atomic E-state index is 5.97. The normalized spacial score (nSPS) is 19.4. The molecule has 0 bridgehead atoms. The fourth-order valence-corrected chi connectivity index (χ4v) is 3.27. The smallest absolute Gasteiger partial charge is 0.129 e. The maximum Gasteiger partial charge on any atom is 0.129 e. The fraction of sp³-hybridized carbons (Fsp3) is 0.353. The number of hydrogen-bond acceptors (Lipinski definition) is 2. The Morgan fingerprint density at radius 3 is 2.75 bits per heavy atom. The van der Waals surface area contributed by atoms with E-state index in [0.717, 1.165) is 18.8 Å². The van der Waals surface area contributed by atoms with Gasteiger partial charge < -0.3 is 0 Å². The summed E-state index contributed by atoms with van der Waals surface area (Å²) in [4.78, 5) is 6.95. The van der Waals surface area contributed by atoms with Crippen molar-refractivity contribution >= 4 is 11.6 Å². The molecular formula is C17H19ClN2. The Labute approximate surface area is 125 Å². The molecule has 0 spiro atoms. The molecule has 2 nitrogen and oxygen atoms in total. The van der Waals surface area contributed by atoms with Crippen LogP contribution < -0.4 is 0 Å². The molecule has 1 saturated heterocycles. The largest absolute Gasteiger partial charge is 0.292 e. The van der Waals surface area contributed by atoms with E-state index < -0.39 is 0 Å². The van der Waals surface area contributed by atoms with Gasteiger partial charge in [0.2, 0.25) is 0 Å². The van der Waals surface area contributed by atoms with Crippen LogP contribution in [0, 0.1) is 6.92 Å². The molecule has 1 atom stereocenters. The van der Waals surface area contributed by atoms with Crippen LogP contribution in [0.4, 0.5) is 0 Å². The Kier molecular flexibility index (Phi) is 4.04. The summed E-state index contributed by atoms with van der Waals surface area (Å²) in [6, 6.07) is 15.2. The minimum absolute atomic E-state index is 0.472. The van der Waals surface area contributed by atoms with E-state index in [1.807, 2.05) is 6.07 Å². The van der Waals surface area contributed by atoms with Crippen molar-refractivity contribution < 1.29 is 0 Å². The van der Waals surface area contributed by atoms with E-state index >= 15 is 0 Å². The Morgan fingerprint density at radius 2 is 2.00 bits per heavy atom. The van der Waals surface area contributed by atoms with Gasteiger partial charge in [0.05, 0.1) is 0 Å². The van der Waals surface area contributed by atoms with Crippen LogP contribution in [0.5, 0.6) is 0 Å². The Hall–Kier alpha value is -1.38. The lowest BCUT2D eigenvalue weighted by Crippen LogP contribution is -2.23. The number of nitrogens with zero attached hydrogens (tertiary/aromatic N) is 2. The van der Waals surface area contributed by atoms with E-state index in [1.54, 1.807) is 0 Å². The molecule has 1 aromatic heterocycles. The van der Waals surface area contributed by atoms with Crippen molar-refractivity contribution in [1.29, 1.82) is 0 Å². The first-order chi connectivity index (χ1) is 9.74. The summed E-state index contributed by atoms with van der Waals surface area (Å²) in [5.41, 5.74) is 3.75. The highest BCUT2D eigenvalue weighted by atomic mass is 35.5. The summed E-state index contributed by atoms with van der Waals surface area (Å²) < 4.78 is 0. The second kappa shape index (κ2) is 5.94. The lowest BCUT2D eigenvalue weighted by Gasteiger charge is -2.25. The lowest BCUT2D eigenvalue weighted by molar-refractivity contribution is 0.247. The van der Waals surface area contributed by atoms with Crippen molar-refractivity contribution in [3.8, 4) is 0 Å². The van der Waals surface area contributed by atoms with Gasteiger partial charge in [-0.05, 0) is 43.5 Å². The van der Waals surface area contributed by atoms with Gasteiger partial charge in [-0.15, -0.1) is 0 Å². The molecule has 20 heavy (non-hydrogen) atoms. The number of aryl methyl sites for hydroxylation is 1. The molecule has 104 valence electrons. The predicted octanol–water partition coefficient (Wildman–Crippen LogP) is 4.38. The Bertz CT molecular complexity index is 583. The number of rotatable bonds is 3. The molecule has 3 rings (SSSR count). The second-order valence-corrected chi connectivity index (χ2v) is 5.81. The van der Waals surface area contributed by atoms with Crippen LogP contribution in [-0.4, -0.2) is 16.4 Å². The van der Waals surface area contributed by atoms with Crippen molar-refractivity contribution in [1.82, 2.24) is 9.88 Å². The number of hydrogen-bond donors (Lipinski definition) is 0. The van der Waals surface area contributed by atoms with Crippen LogP contribution in [0.3, 0.4) is 0 Å². The highest BCUT2D eigenvalue weighted by Crippen LogP contribution is 2.34. The summed E-state index contributed by atoms with van der Waals surface area (Å²) in [5.74, 6) is 0. The molecule has 1 aliphatic heterocycles. The molecule has 0 aliphatic carbocycles. The molecule has 1 fully saturated rings. The zero-order valence-electron chi connectivity index (χ0n) is 11.7. The third kappa shape index (κ3) is 2.87. The quantitative estimate of drug-likeness (QED) is 0.779. The van der Waals surface area contributed by atoms with Crippen molar-refractivity contribution in [3.63, 3.8) is 0 Å². The van der Waals surface area contributed by atoms with Gasteiger partial charge in [0.15, 0.2) is 0 Å².